The van der Waals surface area contributed by atoms with Crippen LogP contribution in [0.25, 0.3) is 0 Å². The monoisotopic (exact) mass is 238 g/mol. The number of nitrogens with one attached hydrogen (secondary N) is 1. The molecule has 0 aromatic carbocycles. The molecule has 1 aromatic heterocycles. The predicted octanol–water partition coefficient (Wildman–Crippen LogP) is 1.58. The summed E-state index contributed by atoms with van der Waals surface area (Å²) in [6.45, 7) is 4.00. The van der Waals surface area contributed by atoms with Crippen LogP contribution in [0.1, 0.15) is 26.7 Å². The van der Waals surface area contributed by atoms with Crippen LogP contribution >= 0.6 is 0 Å². The van der Waals surface area contributed by atoms with E-state index in [1.165, 1.54) is 0 Å². The Kier molecular flexibility index (Phi) is 5.42. The predicted molar refractivity (Wildman–Crippen MR) is 65.0 cm³/mol. The molecule has 0 aliphatic carbocycles. The number of hydrogen-bond acceptors (Lipinski definition) is 4. The van der Waals surface area contributed by atoms with Gasteiger partial charge in [-0.2, -0.15) is 0 Å². The van der Waals surface area contributed by atoms with E-state index in [-0.39, 0.29) is 12.3 Å². The normalized spacial score (nSPS) is 11.9. The minimum absolute atomic E-state index is 0.153. The van der Waals surface area contributed by atoms with Crippen molar-refractivity contribution in [1.29, 1.82) is 0 Å². The summed E-state index contributed by atoms with van der Waals surface area (Å²) in [7, 11) is 0. The maximum absolute atomic E-state index is 11.6. The molecule has 1 atom stereocenters. The van der Waals surface area contributed by atoms with E-state index in [1.54, 1.807) is 25.3 Å². The Hall–Kier alpha value is -1.62. The zero-order valence-electron chi connectivity index (χ0n) is 10.1. The highest BCUT2D eigenvalue weighted by atomic mass is 16.5. The molecule has 0 fully saturated rings. The van der Waals surface area contributed by atoms with E-state index in [9.17, 15) is 4.79 Å². The lowest BCUT2D eigenvalue weighted by Gasteiger charge is -2.10. The van der Waals surface area contributed by atoms with Gasteiger partial charge in [0.2, 0.25) is 11.8 Å². The molecule has 0 spiro atoms. The van der Waals surface area contributed by atoms with Gasteiger partial charge in [0.05, 0.1) is 12.7 Å². The van der Waals surface area contributed by atoms with Gasteiger partial charge in [0.1, 0.15) is 5.69 Å². The van der Waals surface area contributed by atoms with Gasteiger partial charge < -0.3 is 15.2 Å². The highest BCUT2D eigenvalue weighted by Crippen LogP contribution is 2.20. The van der Waals surface area contributed by atoms with Gasteiger partial charge in [0.15, 0.2) is 0 Å². The second-order valence-corrected chi connectivity index (χ2v) is 3.73. The van der Waals surface area contributed by atoms with Crippen LogP contribution in [-0.4, -0.2) is 28.7 Å². The molecular formula is C12H18N2O3. The zero-order valence-corrected chi connectivity index (χ0v) is 10.1. The van der Waals surface area contributed by atoms with E-state index in [1.807, 2.05) is 6.92 Å². The second kappa shape index (κ2) is 6.85. The molecule has 0 aliphatic heterocycles. The van der Waals surface area contributed by atoms with Crippen LogP contribution in [0.5, 0.6) is 5.88 Å². The molecule has 1 rings (SSSR count). The molecule has 17 heavy (non-hydrogen) atoms. The molecule has 0 saturated heterocycles. The van der Waals surface area contributed by atoms with Crippen molar-refractivity contribution >= 4 is 11.6 Å². The standard InChI is InChI=1S/C12H18N2O3/c1-3-17-12-10(5-4-8-13-12)14-11(16)7-6-9(2)15/h4-5,8-9,15H,3,6-7H2,1-2H3,(H,14,16). The third-order valence-corrected chi connectivity index (χ3v) is 2.12. The number of anilines is 1. The molecule has 1 aromatic rings. The number of amides is 1. The molecule has 0 aliphatic rings. The first-order chi connectivity index (χ1) is 8.13. The van der Waals surface area contributed by atoms with Crippen molar-refractivity contribution in [2.75, 3.05) is 11.9 Å². The van der Waals surface area contributed by atoms with Crippen molar-refractivity contribution in [3.8, 4) is 5.88 Å². The maximum atomic E-state index is 11.6. The van der Waals surface area contributed by atoms with Gasteiger partial charge >= 0.3 is 0 Å². The van der Waals surface area contributed by atoms with Gasteiger partial charge in [-0.3, -0.25) is 4.79 Å². The molecule has 2 N–H and O–H groups in total. The topological polar surface area (TPSA) is 71.5 Å². The van der Waals surface area contributed by atoms with Crippen LogP contribution in [-0.2, 0) is 4.79 Å². The molecule has 0 radical (unpaired) electrons. The van der Waals surface area contributed by atoms with Crippen molar-refractivity contribution in [2.45, 2.75) is 32.8 Å². The van der Waals surface area contributed by atoms with E-state index < -0.39 is 6.10 Å². The summed E-state index contributed by atoms with van der Waals surface area (Å²) in [5, 5.41) is 11.8. The lowest BCUT2D eigenvalue weighted by atomic mass is 10.2. The van der Waals surface area contributed by atoms with Gasteiger partial charge in [-0.1, -0.05) is 0 Å². The first-order valence-corrected chi connectivity index (χ1v) is 5.69. The summed E-state index contributed by atoms with van der Waals surface area (Å²) >= 11 is 0. The SMILES string of the molecule is CCOc1ncccc1NC(=O)CCC(C)O. The van der Waals surface area contributed by atoms with E-state index >= 15 is 0 Å². The fraction of sp³-hybridized carbons (Fsp3) is 0.500. The Morgan fingerprint density at radius 3 is 3.06 bits per heavy atom. The molecular weight excluding hydrogens is 220 g/mol. The number of aliphatic hydroxyl groups is 1. The molecule has 0 saturated carbocycles. The number of pyridine rings is 1. The summed E-state index contributed by atoms with van der Waals surface area (Å²) in [4.78, 5) is 15.6. The summed E-state index contributed by atoms with van der Waals surface area (Å²) in [6.07, 6.45) is 1.85. The van der Waals surface area contributed by atoms with E-state index in [0.29, 0.717) is 24.6 Å². The lowest BCUT2D eigenvalue weighted by Crippen LogP contribution is -2.15. The van der Waals surface area contributed by atoms with Crippen LogP contribution in [0.3, 0.4) is 0 Å². The number of carbonyl (C=O) groups is 1. The number of hydrogen-bond donors (Lipinski definition) is 2. The van der Waals surface area contributed by atoms with Crippen LogP contribution < -0.4 is 10.1 Å². The average Bonchev–Trinajstić information content (AvgIpc) is 2.29. The number of nitrogens with zero attached hydrogens (tertiary/aromatic N) is 1. The molecule has 1 heterocycles. The van der Waals surface area contributed by atoms with Gasteiger partial charge in [0.25, 0.3) is 0 Å². The second-order valence-electron chi connectivity index (χ2n) is 3.73. The minimum Gasteiger partial charge on any atom is -0.476 e. The molecule has 5 heteroatoms. The highest BCUT2D eigenvalue weighted by molar-refractivity contribution is 5.91. The van der Waals surface area contributed by atoms with Crippen molar-refractivity contribution in [1.82, 2.24) is 4.98 Å². The molecule has 1 unspecified atom stereocenters. The Balaban J connectivity index is 2.58. The van der Waals surface area contributed by atoms with Gasteiger partial charge in [-0.25, -0.2) is 4.98 Å². The molecule has 1 amide bonds. The molecule has 0 bridgehead atoms. The maximum Gasteiger partial charge on any atom is 0.237 e. The fourth-order valence-electron chi connectivity index (χ4n) is 1.29. The first kappa shape index (κ1) is 13.4. The van der Waals surface area contributed by atoms with Crippen LogP contribution in [0.2, 0.25) is 0 Å². The van der Waals surface area contributed by atoms with Crippen LogP contribution in [0.4, 0.5) is 5.69 Å². The summed E-state index contributed by atoms with van der Waals surface area (Å²) in [5.41, 5.74) is 0.560. The van der Waals surface area contributed by atoms with Crippen LogP contribution in [0, 0.1) is 0 Å². The Morgan fingerprint density at radius 1 is 1.65 bits per heavy atom. The highest BCUT2D eigenvalue weighted by Gasteiger charge is 2.09. The first-order valence-electron chi connectivity index (χ1n) is 5.69. The summed E-state index contributed by atoms with van der Waals surface area (Å²) in [6, 6.07) is 3.46. The molecule has 5 nitrogen and oxygen atoms in total. The summed E-state index contributed by atoms with van der Waals surface area (Å²) in [5.74, 6) is 0.264. The van der Waals surface area contributed by atoms with Crippen molar-refractivity contribution in [3.05, 3.63) is 18.3 Å². The van der Waals surface area contributed by atoms with Gasteiger partial charge in [0, 0.05) is 12.6 Å². The lowest BCUT2D eigenvalue weighted by molar-refractivity contribution is -0.116. The largest absolute Gasteiger partial charge is 0.476 e. The van der Waals surface area contributed by atoms with Crippen molar-refractivity contribution in [3.63, 3.8) is 0 Å². The van der Waals surface area contributed by atoms with E-state index in [2.05, 4.69) is 10.3 Å². The smallest absolute Gasteiger partial charge is 0.237 e. The van der Waals surface area contributed by atoms with Crippen molar-refractivity contribution < 1.29 is 14.6 Å². The van der Waals surface area contributed by atoms with E-state index in [4.69, 9.17) is 9.84 Å². The van der Waals surface area contributed by atoms with Gasteiger partial charge in [-0.05, 0) is 32.4 Å². The Bertz CT molecular complexity index is 367. The quantitative estimate of drug-likeness (QED) is 0.789. The van der Waals surface area contributed by atoms with Crippen LogP contribution in [0.15, 0.2) is 18.3 Å². The average molecular weight is 238 g/mol. The fourth-order valence-corrected chi connectivity index (χ4v) is 1.29. The van der Waals surface area contributed by atoms with Crippen molar-refractivity contribution in [2.24, 2.45) is 0 Å². The van der Waals surface area contributed by atoms with Gasteiger partial charge in [-0.15, -0.1) is 0 Å². The van der Waals surface area contributed by atoms with E-state index in [0.717, 1.165) is 0 Å². The number of ether oxygens (including phenoxy) is 1. The minimum atomic E-state index is -0.471. The summed E-state index contributed by atoms with van der Waals surface area (Å²) < 4.78 is 5.29. The number of rotatable bonds is 6. The number of aromatic nitrogens is 1. The Morgan fingerprint density at radius 2 is 2.41 bits per heavy atom. The third kappa shape index (κ3) is 4.82. The Labute approximate surface area is 101 Å². The molecule has 94 valence electrons. The number of aliphatic hydroxyl groups excluding tert-OH is 1. The third-order valence-electron chi connectivity index (χ3n) is 2.12. The zero-order chi connectivity index (χ0) is 12.7. The number of carbonyl (C=O) groups excluding carboxylic acids is 1.